The fraction of sp³-hybridized carbons (Fsp3) is 0.556. The molecule has 0 aromatic heterocycles. The van der Waals surface area contributed by atoms with Crippen LogP contribution in [0.3, 0.4) is 0 Å². The Balaban J connectivity index is 1.27. The molecule has 3 fully saturated rings. The Morgan fingerprint density at radius 2 is 1.94 bits per heavy atom. The predicted octanol–water partition coefficient (Wildman–Crippen LogP) is 6.56. The molecule has 2 unspecified atom stereocenters. The first-order chi connectivity index (χ1) is 16.7. The van der Waals surface area contributed by atoms with E-state index < -0.39 is 5.60 Å². The molecule has 1 amide bonds. The molecule has 4 heterocycles. The van der Waals surface area contributed by atoms with E-state index in [1.165, 1.54) is 4.90 Å². The first-order valence-corrected chi connectivity index (χ1v) is 13.7. The van der Waals surface area contributed by atoms with Crippen molar-refractivity contribution >= 4 is 41.9 Å². The summed E-state index contributed by atoms with van der Waals surface area (Å²) < 4.78 is 5.59. The van der Waals surface area contributed by atoms with Crippen LogP contribution in [0.15, 0.2) is 51.0 Å². The quantitative estimate of drug-likeness (QED) is 0.289. The van der Waals surface area contributed by atoms with E-state index in [0.29, 0.717) is 12.1 Å². The number of hydrogen-bond acceptors (Lipinski definition) is 6. The summed E-state index contributed by atoms with van der Waals surface area (Å²) in [6, 6.07) is 6.65. The highest BCUT2D eigenvalue weighted by Crippen LogP contribution is 2.45. The first-order valence-electron chi connectivity index (χ1n) is 12.5. The van der Waals surface area contributed by atoms with Crippen molar-refractivity contribution in [3.63, 3.8) is 0 Å². The number of carbonyl (C=O) groups is 1. The third kappa shape index (κ3) is 6.07. The summed E-state index contributed by atoms with van der Waals surface area (Å²) >= 11 is 8.04. The van der Waals surface area contributed by atoms with Crippen molar-refractivity contribution in [1.29, 1.82) is 0 Å². The van der Waals surface area contributed by atoms with Crippen LogP contribution in [0.2, 0.25) is 5.02 Å². The van der Waals surface area contributed by atoms with Gasteiger partial charge in [-0.2, -0.15) is 0 Å². The number of aliphatic imine (C=N–C) groups is 1. The topological polar surface area (TPSA) is 48.4 Å². The minimum Gasteiger partial charge on any atom is -0.444 e. The lowest BCUT2D eigenvalue weighted by molar-refractivity contribution is -0.0764. The fourth-order valence-corrected chi connectivity index (χ4v) is 6.41. The van der Waals surface area contributed by atoms with Crippen LogP contribution in [-0.4, -0.2) is 66.5 Å². The lowest BCUT2D eigenvalue weighted by atomic mass is 9.88. The molecule has 3 saturated heterocycles. The van der Waals surface area contributed by atoms with E-state index in [1.807, 2.05) is 50.8 Å². The Kier molecular flexibility index (Phi) is 8.19. The van der Waals surface area contributed by atoms with Gasteiger partial charge in [0, 0.05) is 29.6 Å². The summed E-state index contributed by atoms with van der Waals surface area (Å²) in [6.07, 6.45) is 8.41. The number of hydrogen-bond donors (Lipinski definition) is 0. The van der Waals surface area contributed by atoms with Crippen molar-refractivity contribution in [1.82, 2.24) is 9.80 Å². The van der Waals surface area contributed by atoms with E-state index in [2.05, 4.69) is 33.7 Å². The van der Waals surface area contributed by atoms with Crippen LogP contribution < -0.4 is 4.90 Å². The monoisotopic (exact) mass is 516 g/mol. The van der Waals surface area contributed by atoms with Gasteiger partial charge in [-0.15, -0.1) is 0 Å². The summed E-state index contributed by atoms with van der Waals surface area (Å²) in [7, 11) is 0. The Morgan fingerprint density at radius 3 is 2.60 bits per heavy atom. The van der Waals surface area contributed by atoms with Crippen LogP contribution in [0.25, 0.3) is 0 Å². The molecule has 4 aliphatic rings. The van der Waals surface area contributed by atoms with Gasteiger partial charge >= 0.3 is 6.09 Å². The molecule has 2 bridgehead atoms. The van der Waals surface area contributed by atoms with Gasteiger partial charge in [-0.3, -0.25) is 9.80 Å². The summed E-state index contributed by atoms with van der Waals surface area (Å²) in [4.78, 5) is 25.9. The molecule has 5 rings (SSSR count). The Morgan fingerprint density at radius 1 is 1.23 bits per heavy atom. The standard InChI is InChI=1S/C27H37ClN4O2S/c1-6-10-24-25(29-5)31(22-15-19(28)11-12-23(22)35-24)14-9-7-8-13-30-17-20-16-21(18-30)32(20)26(33)34-27(2,3)4/h6,10-12,15,20-21H,5,7-9,13-14,16-18H2,1-4H3/b10-6-. The van der Waals surface area contributed by atoms with Gasteiger partial charge in [-0.05, 0) is 84.5 Å². The molecule has 190 valence electrons. The molecular weight excluding hydrogens is 480 g/mol. The maximum absolute atomic E-state index is 12.5. The van der Waals surface area contributed by atoms with Gasteiger partial charge in [0.15, 0.2) is 0 Å². The second-order valence-corrected chi connectivity index (χ2v) is 12.0. The Labute approximate surface area is 219 Å². The SMILES string of the molecule is C=NC1=C(/C=C\C)Sc2ccc(Cl)cc2N1CCCCCN1CC2CC(C1)N2C(=O)OC(C)(C)C. The van der Waals surface area contributed by atoms with Gasteiger partial charge in [0.1, 0.15) is 11.4 Å². The number of halogens is 1. The molecular formula is C27H37ClN4O2S. The number of amides is 1. The lowest BCUT2D eigenvalue weighted by Crippen LogP contribution is -2.70. The van der Waals surface area contributed by atoms with Crippen molar-refractivity contribution in [3.8, 4) is 0 Å². The highest BCUT2D eigenvalue weighted by Gasteiger charge is 2.48. The van der Waals surface area contributed by atoms with Crippen molar-refractivity contribution in [2.75, 3.05) is 31.1 Å². The van der Waals surface area contributed by atoms with Gasteiger partial charge in [-0.1, -0.05) is 35.9 Å². The molecule has 2 atom stereocenters. The lowest BCUT2D eigenvalue weighted by Gasteiger charge is -2.55. The minimum absolute atomic E-state index is 0.157. The van der Waals surface area contributed by atoms with Gasteiger partial charge in [0.25, 0.3) is 0 Å². The predicted molar refractivity (Wildman–Crippen MR) is 147 cm³/mol. The van der Waals surface area contributed by atoms with Crippen molar-refractivity contribution < 1.29 is 9.53 Å². The molecule has 0 saturated carbocycles. The highest BCUT2D eigenvalue weighted by atomic mass is 35.5. The molecule has 6 nitrogen and oxygen atoms in total. The number of fused-ring (bicyclic) bond motifs is 3. The third-order valence-corrected chi connectivity index (χ3v) is 7.94. The van der Waals surface area contributed by atoms with E-state index in [1.54, 1.807) is 11.8 Å². The largest absolute Gasteiger partial charge is 0.444 e. The zero-order valence-electron chi connectivity index (χ0n) is 21.3. The Bertz CT molecular complexity index is 1010. The number of nitrogens with zero attached hydrogens (tertiary/aromatic N) is 4. The van der Waals surface area contributed by atoms with Crippen molar-refractivity contribution in [2.24, 2.45) is 4.99 Å². The van der Waals surface area contributed by atoms with Crippen LogP contribution in [0.5, 0.6) is 0 Å². The zero-order valence-corrected chi connectivity index (χ0v) is 22.9. The molecule has 0 aliphatic carbocycles. The van der Waals surface area contributed by atoms with E-state index in [-0.39, 0.29) is 6.09 Å². The molecule has 4 aliphatic heterocycles. The first kappa shape index (κ1) is 26.1. The highest BCUT2D eigenvalue weighted by molar-refractivity contribution is 8.03. The van der Waals surface area contributed by atoms with Crippen LogP contribution in [-0.2, 0) is 4.74 Å². The molecule has 35 heavy (non-hydrogen) atoms. The maximum Gasteiger partial charge on any atom is 0.410 e. The summed E-state index contributed by atoms with van der Waals surface area (Å²) in [5.74, 6) is 0.904. The van der Waals surface area contributed by atoms with Crippen LogP contribution in [0.1, 0.15) is 53.4 Å². The molecule has 0 N–H and O–H groups in total. The minimum atomic E-state index is -0.441. The maximum atomic E-state index is 12.5. The average Bonchev–Trinajstić information content (AvgIpc) is 2.78. The number of rotatable bonds is 8. The smallest absolute Gasteiger partial charge is 0.410 e. The number of thioether (sulfide) groups is 1. The van der Waals surface area contributed by atoms with Crippen LogP contribution >= 0.6 is 23.4 Å². The van der Waals surface area contributed by atoms with Crippen molar-refractivity contribution in [2.45, 2.75) is 76.0 Å². The molecule has 0 spiro atoms. The van der Waals surface area contributed by atoms with Crippen LogP contribution in [0, 0.1) is 0 Å². The number of carbonyl (C=O) groups excluding carboxylic acids is 1. The van der Waals surface area contributed by atoms with Gasteiger partial charge in [-0.25, -0.2) is 9.79 Å². The third-order valence-electron chi connectivity index (χ3n) is 6.60. The summed E-state index contributed by atoms with van der Waals surface area (Å²) in [5.41, 5.74) is 0.667. The number of piperazine rings is 1. The molecule has 1 aromatic carbocycles. The number of piperidine rings is 1. The number of ether oxygens (including phenoxy) is 1. The van der Waals surface area contributed by atoms with Crippen LogP contribution in [0.4, 0.5) is 10.5 Å². The molecule has 8 heteroatoms. The van der Waals surface area contributed by atoms with E-state index in [9.17, 15) is 4.79 Å². The normalized spacial score (nSPS) is 22.3. The molecule has 1 aromatic rings. The van der Waals surface area contributed by atoms with Gasteiger partial charge in [0.2, 0.25) is 0 Å². The molecule has 0 radical (unpaired) electrons. The second-order valence-electron chi connectivity index (χ2n) is 10.5. The summed E-state index contributed by atoms with van der Waals surface area (Å²) in [6.45, 7) is 15.5. The average molecular weight is 517 g/mol. The summed E-state index contributed by atoms with van der Waals surface area (Å²) in [5, 5.41) is 0.733. The Hall–Kier alpha value is -1.96. The van der Waals surface area contributed by atoms with E-state index in [4.69, 9.17) is 16.3 Å². The number of allylic oxidation sites excluding steroid dienone is 2. The van der Waals surface area contributed by atoms with Crippen molar-refractivity contribution in [3.05, 3.63) is 46.1 Å². The van der Waals surface area contributed by atoms with Gasteiger partial charge < -0.3 is 9.64 Å². The number of benzene rings is 1. The van der Waals surface area contributed by atoms with E-state index in [0.717, 1.165) is 73.3 Å². The second kappa shape index (κ2) is 11.0. The zero-order chi connectivity index (χ0) is 25.2. The fourth-order valence-electron chi connectivity index (χ4n) is 5.12. The van der Waals surface area contributed by atoms with E-state index >= 15 is 0 Å². The number of anilines is 1. The van der Waals surface area contributed by atoms with Gasteiger partial charge in [0.05, 0.1) is 22.7 Å². The number of unbranched alkanes of at least 4 members (excludes halogenated alkanes) is 2.